The molecule has 0 saturated carbocycles. The highest BCUT2D eigenvalue weighted by Gasteiger charge is 2.14. The molecule has 0 radical (unpaired) electrons. The predicted molar refractivity (Wildman–Crippen MR) is 114 cm³/mol. The van der Waals surface area contributed by atoms with Gasteiger partial charge in [0.15, 0.2) is 0 Å². The summed E-state index contributed by atoms with van der Waals surface area (Å²) in [5, 5.41) is 14.2. The Kier molecular flexibility index (Phi) is 7.47. The van der Waals surface area contributed by atoms with Crippen LogP contribution >= 0.6 is 11.3 Å². The number of carbonyl (C=O) groups excluding carboxylic acids is 2. The molecule has 156 valence electrons. The quantitative estimate of drug-likeness (QED) is 0.545. The third kappa shape index (κ3) is 6.10. The van der Waals surface area contributed by atoms with Gasteiger partial charge in [0.2, 0.25) is 10.9 Å². The Morgan fingerprint density at radius 2 is 1.80 bits per heavy atom. The zero-order valence-electron chi connectivity index (χ0n) is 16.6. The minimum atomic E-state index is -0.363. The molecule has 8 nitrogen and oxygen atoms in total. The topological polar surface area (TPSA) is 102 Å². The molecule has 1 atom stereocenters. The van der Waals surface area contributed by atoms with Crippen LogP contribution in [0, 0.1) is 0 Å². The molecule has 3 aromatic rings. The fourth-order valence-electron chi connectivity index (χ4n) is 2.60. The van der Waals surface area contributed by atoms with E-state index in [1.165, 1.54) is 0 Å². The van der Waals surface area contributed by atoms with Crippen molar-refractivity contribution in [3.05, 3.63) is 70.2 Å². The minimum Gasteiger partial charge on any atom is -0.497 e. The smallest absolute Gasteiger partial charge is 0.286 e. The summed E-state index contributed by atoms with van der Waals surface area (Å²) in [7, 11) is 1.58. The van der Waals surface area contributed by atoms with Crippen LogP contribution in [-0.4, -0.2) is 35.7 Å². The van der Waals surface area contributed by atoms with Crippen LogP contribution in [0.1, 0.15) is 33.3 Å². The summed E-state index contributed by atoms with van der Waals surface area (Å²) in [6, 6.07) is 16.5. The fourth-order valence-corrected chi connectivity index (χ4v) is 3.27. The number of nitrogens with zero attached hydrogens (tertiary/aromatic N) is 2. The van der Waals surface area contributed by atoms with E-state index in [9.17, 15) is 9.59 Å². The van der Waals surface area contributed by atoms with Crippen LogP contribution in [0.5, 0.6) is 5.75 Å². The molecular formula is C21H22N4O4S. The summed E-state index contributed by atoms with van der Waals surface area (Å²) in [5.41, 5.74) is 1.64. The van der Waals surface area contributed by atoms with Gasteiger partial charge in [0.1, 0.15) is 24.0 Å². The number of hydrogen-bond acceptors (Lipinski definition) is 7. The maximum atomic E-state index is 12.3. The molecule has 0 aliphatic heterocycles. The lowest BCUT2D eigenvalue weighted by molar-refractivity contribution is -0.126. The first-order valence-corrected chi connectivity index (χ1v) is 10.1. The summed E-state index contributed by atoms with van der Waals surface area (Å²) < 4.78 is 10.5. The first-order chi connectivity index (χ1) is 14.5. The first kappa shape index (κ1) is 21.4. The Balaban J connectivity index is 1.43. The van der Waals surface area contributed by atoms with Gasteiger partial charge in [-0.25, -0.2) is 0 Å². The number of ether oxygens (including phenoxy) is 2. The summed E-state index contributed by atoms with van der Waals surface area (Å²) >= 11 is 1.11. The van der Waals surface area contributed by atoms with Crippen LogP contribution in [0.4, 0.5) is 5.69 Å². The van der Waals surface area contributed by atoms with Gasteiger partial charge in [-0.15, -0.1) is 10.2 Å². The van der Waals surface area contributed by atoms with Gasteiger partial charge in [0.25, 0.3) is 5.91 Å². The Hall–Kier alpha value is -3.30. The van der Waals surface area contributed by atoms with E-state index < -0.39 is 0 Å². The van der Waals surface area contributed by atoms with Gasteiger partial charge in [-0.05, 0) is 36.8 Å². The van der Waals surface area contributed by atoms with Crippen LogP contribution in [-0.2, 0) is 16.1 Å². The van der Waals surface area contributed by atoms with E-state index in [0.717, 1.165) is 16.9 Å². The van der Waals surface area contributed by atoms with E-state index in [2.05, 4.69) is 20.8 Å². The predicted octanol–water partition coefficient (Wildman–Crippen LogP) is 3.19. The van der Waals surface area contributed by atoms with E-state index in [0.29, 0.717) is 16.4 Å². The Morgan fingerprint density at radius 1 is 1.07 bits per heavy atom. The molecule has 0 saturated heterocycles. The second-order valence-corrected chi connectivity index (χ2v) is 7.44. The van der Waals surface area contributed by atoms with Crippen molar-refractivity contribution in [2.45, 2.75) is 19.6 Å². The number of rotatable bonds is 9. The summed E-state index contributed by atoms with van der Waals surface area (Å²) in [6.45, 7) is 1.90. The summed E-state index contributed by atoms with van der Waals surface area (Å²) in [5.74, 6) is 0.109. The highest BCUT2D eigenvalue weighted by molar-refractivity contribution is 7.13. The molecule has 1 aromatic heterocycles. The van der Waals surface area contributed by atoms with Crippen molar-refractivity contribution < 1.29 is 19.1 Å². The molecule has 3 rings (SSSR count). The second-order valence-electron chi connectivity index (χ2n) is 6.38. The lowest BCUT2D eigenvalue weighted by Gasteiger charge is -2.14. The Morgan fingerprint density at radius 3 is 2.50 bits per heavy atom. The van der Waals surface area contributed by atoms with E-state index in [1.807, 2.05) is 37.3 Å². The Labute approximate surface area is 178 Å². The number of aromatic nitrogens is 2. The molecule has 9 heteroatoms. The van der Waals surface area contributed by atoms with Gasteiger partial charge in [0, 0.05) is 5.69 Å². The number of methoxy groups -OCH3 is 1. The van der Waals surface area contributed by atoms with Crippen molar-refractivity contribution in [3.63, 3.8) is 0 Å². The third-order valence-corrected chi connectivity index (χ3v) is 5.04. The molecule has 0 bridgehead atoms. The molecule has 30 heavy (non-hydrogen) atoms. The zero-order valence-corrected chi connectivity index (χ0v) is 17.4. The molecule has 1 heterocycles. The number of amides is 2. The molecule has 2 aromatic carbocycles. The molecule has 2 amide bonds. The molecule has 0 fully saturated rings. The normalized spacial score (nSPS) is 11.5. The van der Waals surface area contributed by atoms with Crippen molar-refractivity contribution in [1.29, 1.82) is 0 Å². The molecule has 0 unspecified atom stereocenters. The van der Waals surface area contributed by atoms with Gasteiger partial charge in [0.05, 0.1) is 13.2 Å². The number of hydrogen-bond donors (Lipinski definition) is 2. The standard InChI is InChI=1S/C21H22N4O4S/c1-14(15-6-4-3-5-7-15)22-18(26)12-29-13-19-24-25-21(30-19)20(27)23-16-8-10-17(28-2)11-9-16/h3-11,14H,12-13H2,1-2H3,(H,22,26)(H,23,27)/t14-/m0/s1. The van der Waals surface area contributed by atoms with Crippen LogP contribution in [0.15, 0.2) is 54.6 Å². The van der Waals surface area contributed by atoms with Gasteiger partial charge in [-0.3, -0.25) is 9.59 Å². The van der Waals surface area contributed by atoms with Crippen molar-refractivity contribution in [2.24, 2.45) is 0 Å². The molecule has 0 spiro atoms. The maximum absolute atomic E-state index is 12.3. The van der Waals surface area contributed by atoms with E-state index in [4.69, 9.17) is 9.47 Å². The highest BCUT2D eigenvalue weighted by atomic mass is 32.1. The summed E-state index contributed by atoms with van der Waals surface area (Å²) in [4.78, 5) is 24.3. The van der Waals surface area contributed by atoms with Crippen LogP contribution < -0.4 is 15.4 Å². The number of carbonyl (C=O) groups is 2. The van der Waals surface area contributed by atoms with Crippen molar-refractivity contribution >= 4 is 28.8 Å². The Bertz CT molecular complexity index is 976. The van der Waals surface area contributed by atoms with Gasteiger partial charge < -0.3 is 20.1 Å². The van der Waals surface area contributed by atoms with E-state index in [-0.39, 0.29) is 36.1 Å². The fraction of sp³-hybridized carbons (Fsp3) is 0.238. The number of benzene rings is 2. The van der Waals surface area contributed by atoms with E-state index >= 15 is 0 Å². The number of anilines is 1. The minimum absolute atomic E-state index is 0.0978. The third-order valence-electron chi connectivity index (χ3n) is 4.14. The molecular weight excluding hydrogens is 404 g/mol. The highest BCUT2D eigenvalue weighted by Crippen LogP contribution is 2.17. The average Bonchev–Trinajstić information content (AvgIpc) is 3.24. The van der Waals surface area contributed by atoms with Crippen molar-refractivity contribution in [3.8, 4) is 5.75 Å². The van der Waals surface area contributed by atoms with Crippen LogP contribution in [0.2, 0.25) is 0 Å². The van der Waals surface area contributed by atoms with Gasteiger partial charge in [-0.1, -0.05) is 41.7 Å². The lowest BCUT2D eigenvalue weighted by atomic mass is 10.1. The molecule has 0 aliphatic rings. The van der Waals surface area contributed by atoms with Crippen LogP contribution in [0.3, 0.4) is 0 Å². The second kappa shape index (κ2) is 10.5. The number of nitrogens with one attached hydrogen (secondary N) is 2. The van der Waals surface area contributed by atoms with Gasteiger partial charge in [-0.2, -0.15) is 0 Å². The largest absolute Gasteiger partial charge is 0.497 e. The first-order valence-electron chi connectivity index (χ1n) is 9.25. The van der Waals surface area contributed by atoms with Crippen molar-refractivity contribution in [1.82, 2.24) is 15.5 Å². The van der Waals surface area contributed by atoms with Crippen molar-refractivity contribution in [2.75, 3.05) is 19.0 Å². The molecule has 0 aliphatic carbocycles. The molecule has 2 N–H and O–H groups in total. The zero-order chi connectivity index (χ0) is 21.3. The monoisotopic (exact) mass is 426 g/mol. The average molecular weight is 426 g/mol. The summed E-state index contributed by atoms with van der Waals surface area (Å²) in [6.07, 6.45) is 0. The van der Waals surface area contributed by atoms with Gasteiger partial charge >= 0.3 is 0 Å². The lowest BCUT2D eigenvalue weighted by Crippen LogP contribution is -2.30. The maximum Gasteiger partial charge on any atom is 0.286 e. The van der Waals surface area contributed by atoms with Crippen LogP contribution in [0.25, 0.3) is 0 Å². The SMILES string of the molecule is COc1ccc(NC(=O)c2nnc(COCC(=O)N[C@@H](C)c3ccccc3)s2)cc1. The van der Waals surface area contributed by atoms with E-state index in [1.54, 1.807) is 31.4 Å².